The first-order valence-electron chi connectivity index (χ1n) is 9.22. The molecule has 0 aromatic heterocycles. The normalized spacial score (nSPS) is 16.7. The molecule has 1 aliphatic heterocycles. The maximum atomic E-state index is 5.46. The summed E-state index contributed by atoms with van der Waals surface area (Å²) in [6, 6.07) is 9.07. The molecule has 0 atom stereocenters. The average Bonchev–Trinajstić information content (AvgIpc) is 2.67. The molecule has 1 heterocycles. The minimum Gasteiger partial charge on any atom is -0.382 e. The van der Waals surface area contributed by atoms with Gasteiger partial charge in [-0.1, -0.05) is 28.1 Å². The fourth-order valence-corrected chi connectivity index (χ4v) is 3.22. The zero-order valence-electron chi connectivity index (χ0n) is 15.8. The van der Waals surface area contributed by atoms with Crippen LogP contribution < -0.4 is 10.6 Å². The number of benzene rings is 1. The molecule has 1 aliphatic rings. The number of guanidine groups is 1. The Hall–Kier alpha value is -1.15. The van der Waals surface area contributed by atoms with Crippen molar-refractivity contribution in [3.63, 3.8) is 0 Å². The molecule has 0 bridgehead atoms. The Morgan fingerprint density at radius 3 is 2.58 bits per heavy atom. The molecule has 1 saturated heterocycles. The van der Waals surface area contributed by atoms with E-state index in [1.807, 2.05) is 7.05 Å². The summed E-state index contributed by atoms with van der Waals surface area (Å²) in [6.45, 7) is 5.87. The number of nitrogens with zero attached hydrogens (tertiary/aromatic N) is 2. The van der Waals surface area contributed by atoms with Gasteiger partial charge in [0, 0.05) is 50.9 Å². The Labute approximate surface area is 165 Å². The number of hydrogen-bond donors (Lipinski definition) is 2. The molecule has 1 aromatic rings. The molecule has 2 N–H and O–H groups in total. The molecule has 0 amide bonds. The lowest BCUT2D eigenvalue weighted by Crippen LogP contribution is -2.49. The molecule has 1 aromatic carbocycles. The van der Waals surface area contributed by atoms with Gasteiger partial charge in [-0.25, -0.2) is 0 Å². The summed E-state index contributed by atoms with van der Waals surface area (Å²) in [5.41, 5.74) is 1.37. The number of nitrogens with one attached hydrogen (secondary N) is 2. The van der Waals surface area contributed by atoms with Gasteiger partial charge in [-0.3, -0.25) is 9.89 Å². The number of methoxy groups -OCH3 is 1. The zero-order chi connectivity index (χ0) is 18.6. The Morgan fingerprint density at radius 1 is 1.19 bits per heavy atom. The first-order valence-corrected chi connectivity index (χ1v) is 10.0. The summed E-state index contributed by atoms with van der Waals surface area (Å²) in [5, 5.41) is 6.83. The van der Waals surface area contributed by atoms with E-state index in [2.05, 4.69) is 60.7 Å². The van der Waals surface area contributed by atoms with Gasteiger partial charge in [0.1, 0.15) is 0 Å². The molecule has 0 radical (unpaired) electrons. The third-order valence-corrected chi connectivity index (χ3v) is 4.97. The van der Waals surface area contributed by atoms with Crippen LogP contribution in [0.1, 0.15) is 18.4 Å². The lowest BCUT2D eigenvalue weighted by atomic mass is 10.0. The Kier molecular flexibility index (Phi) is 9.99. The Bertz CT molecular complexity index is 531. The number of piperidine rings is 1. The van der Waals surface area contributed by atoms with E-state index in [-0.39, 0.29) is 0 Å². The topological polar surface area (TPSA) is 58.1 Å². The van der Waals surface area contributed by atoms with Gasteiger partial charge in [0.15, 0.2) is 5.96 Å². The van der Waals surface area contributed by atoms with E-state index >= 15 is 0 Å². The van der Waals surface area contributed by atoms with Crippen molar-refractivity contribution in [1.29, 1.82) is 0 Å². The minimum absolute atomic E-state index is 0.469. The van der Waals surface area contributed by atoms with Gasteiger partial charge < -0.3 is 20.1 Å². The average molecular weight is 427 g/mol. The summed E-state index contributed by atoms with van der Waals surface area (Å²) in [4.78, 5) is 6.82. The second kappa shape index (κ2) is 12.3. The number of halogens is 1. The predicted octanol–water partition coefficient (Wildman–Crippen LogP) is 2.24. The van der Waals surface area contributed by atoms with Gasteiger partial charge in [-0.15, -0.1) is 0 Å². The minimum atomic E-state index is 0.469. The molecular formula is C19H31BrN4O2. The molecule has 0 spiro atoms. The third-order valence-electron chi connectivity index (χ3n) is 4.44. The lowest BCUT2D eigenvalue weighted by molar-refractivity contribution is 0.0733. The third kappa shape index (κ3) is 8.03. The van der Waals surface area contributed by atoms with Crippen molar-refractivity contribution in [1.82, 2.24) is 15.5 Å². The number of likely N-dealkylation sites (tertiary alicyclic amines) is 1. The van der Waals surface area contributed by atoms with Crippen molar-refractivity contribution < 1.29 is 9.47 Å². The van der Waals surface area contributed by atoms with Gasteiger partial charge in [-0.05, 0) is 30.5 Å². The summed E-state index contributed by atoms with van der Waals surface area (Å²) >= 11 is 3.49. The number of hydrogen-bond acceptors (Lipinski definition) is 4. The lowest BCUT2D eigenvalue weighted by Gasteiger charge is -2.33. The molecule has 26 heavy (non-hydrogen) atoms. The van der Waals surface area contributed by atoms with E-state index < -0.39 is 0 Å². The molecule has 0 saturated carbocycles. The highest BCUT2D eigenvalue weighted by Gasteiger charge is 2.19. The van der Waals surface area contributed by atoms with Crippen LogP contribution in [0.2, 0.25) is 0 Å². The van der Waals surface area contributed by atoms with Gasteiger partial charge in [0.05, 0.1) is 19.8 Å². The van der Waals surface area contributed by atoms with Gasteiger partial charge in [0.2, 0.25) is 0 Å². The molecular weight excluding hydrogens is 396 g/mol. The highest BCUT2D eigenvalue weighted by molar-refractivity contribution is 9.10. The van der Waals surface area contributed by atoms with E-state index in [1.165, 1.54) is 5.56 Å². The van der Waals surface area contributed by atoms with E-state index in [0.717, 1.165) is 49.5 Å². The van der Waals surface area contributed by atoms with Gasteiger partial charge >= 0.3 is 0 Å². The fraction of sp³-hybridized carbons (Fsp3) is 0.632. The fourth-order valence-electron chi connectivity index (χ4n) is 2.96. The molecule has 0 unspecified atom stereocenters. The highest BCUT2D eigenvalue weighted by Crippen LogP contribution is 2.16. The first kappa shape index (κ1) is 21.2. The summed E-state index contributed by atoms with van der Waals surface area (Å²) in [7, 11) is 3.49. The quantitative estimate of drug-likeness (QED) is 0.360. The summed E-state index contributed by atoms with van der Waals surface area (Å²) in [5.74, 6) is 0.853. The van der Waals surface area contributed by atoms with Crippen LogP contribution in [0.25, 0.3) is 0 Å². The van der Waals surface area contributed by atoms with Crippen molar-refractivity contribution >= 4 is 21.9 Å². The zero-order valence-corrected chi connectivity index (χ0v) is 17.4. The maximum Gasteiger partial charge on any atom is 0.191 e. The van der Waals surface area contributed by atoms with Crippen molar-refractivity contribution in [2.24, 2.45) is 4.99 Å². The van der Waals surface area contributed by atoms with Gasteiger partial charge in [-0.2, -0.15) is 0 Å². The van der Waals surface area contributed by atoms with Gasteiger partial charge in [0.25, 0.3) is 0 Å². The number of ether oxygens (including phenoxy) is 2. The Balaban J connectivity index is 1.62. The Morgan fingerprint density at radius 2 is 1.92 bits per heavy atom. The SMILES string of the molecule is CN=C(NCCOCCOC)NC1CCN(Cc2ccc(Br)cc2)CC1. The van der Waals surface area contributed by atoms with Crippen LogP contribution in [0, 0.1) is 0 Å². The molecule has 6 nitrogen and oxygen atoms in total. The van der Waals surface area contributed by atoms with Crippen molar-refractivity contribution in [2.45, 2.75) is 25.4 Å². The van der Waals surface area contributed by atoms with Crippen LogP contribution in [0.3, 0.4) is 0 Å². The molecule has 0 aliphatic carbocycles. The maximum absolute atomic E-state index is 5.46. The summed E-state index contributed by atoms with van der Waals surface area (Å²) < 4.78 is 11.5. The number of aliphatic imine (C=N–C) groups is 1. The standard InChI is InChI=1S/C19H31BrN4O2/c1-21-19(22-9-12-26-14-13-25-2)23-18-7-10-24(11-8-18)15-16-3-5-17(20)6-4-16/h3-6,18H,7-15H2,1-2H3,(H2,21,22,23). The van der Waals surface area contributed by atoms with E-state index in [4.69, 9.17) is 9.47 Å². The monoisotopic (exact) mass is 426 g/mol. The van der Waals surface area contributed by atoms with E-state index in [1.54, 1.807) is 7.11 Å². The second-order valence-electron chi connectivity index (χ2n) is 6.43. The molecule has 7 heteroatoms. The highest BCUT2D eigenvalue weighted by atomic mass is 79.9. The predicted molar refractivity (Wildman–Crippen MR) is 110 cm³/mol. The van der Waals surface area contributed by atoms with Crippen LogP contribution in [0.5, 0.6) is 0 Å². The molecule has 2 rings (SSSR count). The van der Waals surface area contributed by atoms with Crippen molar-refractivity contribution in [3.05, 3.63) is 34.3 Å². The van der Waals surface area contributed by atoms with E-state index in [9.17, 15) is 0 Å². The second-order valence-corrected chi connectivity index (χ2v) is 7.34. The number of rotatable bonds is 9. The van der Waals surface area contributed by atoms with Crippen LogP contribution in [0.15, 0.2) is 33.7 Å². The van der Waals surface area contributed by atoms with Crippen LogP contribution in [0.4, 0.5) is 0 Å². The smallest absolute Gasteiger partial charge is 0.191 e. The summed E-state index contributed by atoms with van der Waals surface area (Å²) in [6.07, 6.45) is 2.25. The largest absolute Gasteiger partial charge is 0.382 e. The molecule has 146 valence electrons. The van der Waals surface area contributed by atoms with Crippen LogP contribution in [-0.4, -0.2) is 70.5 Å². The molecule has 1 fully saturated rings. The first-order chi connectivity index (χ1) is 12.7. The van der Waals surface area contributed by atoms with Crippen molar-refractivity contribution in [2.75, 3.05) is 53.6 Å². The van der Waals surface area contributed by atoms with E-state index in [0.29, 0.717) is 25.9 Å². The van der Waals surface area contributed by atoms with Crippen LogP contribution in [-0.2, 0) is 16.0 Å². The van der Waals surface area contributed by atoms with Crippen LogP contribution >= 0.6 is 15.9 Å². The van der Waals surface area contributed by atoms with Crippen molar-refractivity contribution in [3.8, 4) is 0 Å².